The molecule has 4 nitrogen and oxygen atoms in total. The van der Waals surface area contributed by atoms with Crippen molar-refractivity contribution in [1.82, 2.24) is 14.7 Å². The smallest absolute Gasteiger partial charge is 0.253 e. The molecule has 1 amide bonds. The van der Waals surface area contributed by atoms with Crippen LogP contribution < -0.4 is 0 Å². The van der Waals surface area contributed by atoms with Gasteiger partial charge in [0.2, 0.25) is 0 Å². The molecule has 0 atom stereocenters. The molecular weight excluding hydrogens is 365 g/mol. The van der Waals surface area contributed by atoms with Gasteiger partial charge in [-0.05, 0) is 48.9 Å². The second kappa shape index (κ2) is 8.01. The number of benzene rings is 1. The van der Waals surface area contributed by atoms with Gasteiger partial charge in [0.25, 0.3) is 5.91 Å². The number of carbonyl (C=O) groups is 1. The molecule has 1 aliphatic heterocycles. The summed E-state index contributed by atoms with van der Waals surface area (Å²) >= 11 is 5.71. The third-order valence-corrected chi connectivity index (χ3v) is 5.54. The van der Waals surface area contributed by atoms with Gasteiger partial charge in [-0.25, -0.2) is 4.39 Å². The molecule has 0 aliphatic carbocycles. The predicted octanol–water partition coefficient (Wildman–Crippen LogP) is 5.40. The Morgan fingerprint density at radius 1 is 1.15 bits per heavy atom. The maximum Gasteiger partial charge on any atom is 0.253 e. The van der Waals surface area contributed by atoms with Crippen LogP contribution in [-0.2, 0) is 0 Å². The van der Waals surface area contributed by atoms with Crippen molar-refractivity contribution < 1.29 is 9.18 Å². The first kappa shape index (κ1) is 19.9. The monoisotopic (exact) mass is 391 g/mol. The zero-order valence-electron chi connectivity index (χ0n) is 16.4. The van der Waals surface area contributed by atoms with Crippen LogP contribution in [0.25, 0.3) is 0 Å². The van der Waals surface area contributed by atoms with E-state index in [4.69, 9.17) is 16.7 Å². The molecule has 0 unspecified atom stereocenters. The molecule has 1 aromatic carbocycles. The molecule has 1 saturated heterocycles. The quantitative estimate of drug-likeness (QED) is 0.699. The van der Waals surface area contributed by atoms with E-state index >= 15 is 0 Å². The molecule has 2 aromatic rings. The van der Waals surface area contributed by atoms with Crippen molar-refractivity contribution in [3.63, 3.8) is 0 Å². The molecule has 3 rings (SSSR count). The number of hydrogen-bond donors (Lipinski definition) is 0. The van der Waals surface area contributed by atoms with Crippen molar-refractivity contribution in [2.24, 2.45) is 0 Å². The summed E-state index contributed by atoms with van der Waals surface area (Å²) in [7, 11) is 0. The highest BCUT2D eigenvalue weighted by atomic mass is 35.5. The zero-order chi connectivity index (χ0) is 19.7. The van der Waals surface area contributed by atoms with Gasteiger partial charge in [0, 0.05) is 24.3 Å². The van der Waals surface area contributed by atoms with Crippen LogP contribution in [-0.4, -0.2) is 33.7 Å². The summed E-state index contributed by atoms with van der Waals surface area (Å²) in [6, 6.07) is 6.74. The largest absolute Gasteiger partial charge is 0.338 e. The van der Waals surface area contributed by atoms with Crippen LogP contribution in [0.5, 0.6) is 0 Å². The van der Waals surface area contributed by atoms with Crippen LogP contribution in [0.1, 0.15) is 80.2 Å². The van der Waals surface area contributed by atoms with E-state index < -0.39 is 5.82 Å². The van der Waals surface area contributed by atoms with Crippen molar-refractivity contribution in [3.05, 3.63) is 52.1 Å². The van der Waals surface area contributed by atoms with Gasteiger partial charge < -0.3 is 4.90 Å². The molecule has 0 saturated carbocycles. The Balaban J connectivity index is 1.72. The van der Waals surface area contributed by atoms with Crippen LogP contribution in [0.4, 0.5) is 4.39 Å². The van der Waals surface area contributed by atoms with Crippen molar-refractivity contribution in [2.75, 3.05) is 13.1 Å². The van der Waals surface area contributed by atoms with Crippen LogP contribution in [0.3, 0.4) is 0 Å². The fraction of sp³-hybridized carbons (Fsp3) is 0.524. The number of likely N-dealkylation sites (tertiary alicyclic amines) is 1. The zero-order valence-corrected chi connectivity index (χ0v) is 17.1. The average molecular weight is 392 g/mol. The number of hydrogen-bond acceptors (Lipinski definition) is 2. The summed E-state index contributed by atoms with van der Waals surface area (Å²) in [6.45, 7) is 9.97. The van der Waals surface area contributed by atoms with Crippen LogP contribution in [0, 0.1) is 5.82 Å². The maximum atomic E-state index is 13.7. The van der Waals surface area contributed by atoms with Crippen molar-refractivity contribution >= 4 is 17.5 Å². The van der Waals surface area contributed by atoms with Crippen molar-refractivity contribution in [3.8, 4) is 0 Å². The third-order valence-electron chi connectivity index (χ3n) is 5.23. The number of halogens is 2. The SMILES string of the molecule is CC(C)c1cc(C(C)C)n(C2CCN(C(=O)c3ccc(Cl)c(F)c3)CC2)n1. The van der Waals surface area contributed by atoms with Gasteiger partial charge in [-0.3, -0.25) is 9.48 Å². The van der Waals surface area contributed by atoms with Crippen molar-refractivity contribution in [1.29, 1.82) is 0 Å². The van der Waals surface area contributed by atoms with Gasteiger partial charge in [-0.2, -0.15) is 5.10 Å². The average Bonchev–Trinajstić information content (AvgIpc) is 3.09. The van der Waals surface area contributed by atoms with E-state index in [1.165, 1.54) is 17.8 Å². The number of carbonyl (C=O) groups excluding carboxylic acids is 1. The molecule has 0 N–H and O–H groups in total. The second-order valence-electron chi connectivity index (χ2n) is 7.90. The lowest BCUT2D eigenvalue weighted by Gasteiger charge is -2.33. The minimum Gasteiger partial charge on any atom is -0.338 e. The highest BCUT2D eigenvalue weighted by molar-refractivity contribution is 6.30. The molecule has 0 bridgehead atoms. The summed E-state index contributed by atoms with van der Waals surface area (Å²) in [5.41, 5.74) is 2.72. The molecule has 1 fully saturated rings. The number of amides is 1. The Kier molecular flexibility index (Phi) is 5.89. The Morgan fingerprint density at radius 2 is 1.81 bits per heavy atom. The van der Waals surface area contributed by atoms with Gasteiger partial charge in [-0.1, -0.05) is 39.3 Å². The number of nitrogens with zero attached hydrogens (tertiary/aromatic N) is 3. The van der Waals surface area contributed by atoms with Crippen LogP contribution in [0.2, 0.25) is 5.02 Å². The summed E-state index contributed by atoms with van der Waals surface area (Å²) in [5, 5.41) is 4.89. The fourth-order valence-corrected chi connectivity index (χ4v) is 3.68. The first-order chi connectivity index (χ1) is 12.8. The Morgan fingerprint density at radius 3 is 2.37 bits per heavy atom. The fourth-order valence-electron chi connectivity index (χ4n) is 3.56. The molecular formula is C21H27ClFN3O. The van der Waals surface area contributed by atoms with E-state index in [-0.39, 0.29) is 10.9 Å². The standard InChI is InChI=1S/C21H27ClFN3O/c1-13(2)19-12-20(14(3)4)26(24-19)16-7-9-25(10-8-16)21(27)15-5-6-17(22)18(23)11-15/h5-6,11-14,16H,7-10H2,1-4H3. The summed E-state index contributed by atoms with van der Waals surface area (Å²) in [6.07, 6.45) is 1.70. The second-order valence-corrected chi connectivity index (χ2v) is 8.31. The Labute approximate surface area is 165 Å². The van der Waals surface area contributed by atoms with Gasteiger partial charge in [0.05, 0.1) is 16.8 Å². The molecule has 6 heteroatoms. The van der Waals surface area contributed by atoms with Gasteiger partial charge in [0.15, 0.2) is 0 Å². The van der Waals surface area contributed by atoms with E-state index in [0.717, 1.165) is 18.5 Å². The van der Waals surface area contributed by atoms with Gasteiger partial charge in [0.1, 0.15) is 5.82 Å². The Hall–Kier alpha value is -1.88. The lowest BCUT2D eigenvalue weighted by Crippen LogP contribution is -2.39. The topological polar surface area (TPSA) is 38.1 Å². The summed E-state index contributed by atoms with van der Waals surface area (Å²) in [4.78, 5) is 14.5. The van der Waals surface area contributed by atoms with Crippen LogP contribution in [0.15, 0.2) is 24.3 Å². The van der Waals surface area contributed by atoms with E-state index in [2.05, 4.69) is 38.4 Å². The summed E-state index contributed by atoms with van der Waals surface area (Å²) < 4.78 is 15.8. The van der Waals surface area contributed by atoms with Crippen molar-refractivity contribution in [2.45, 2.75) is 58.4 Å². The number of piperidine rings is 1. The van der Waals surface area contributed by atoms with Gasteiger partial charge >= 0.3 is 0 Å². The van der Waals surface area contributed by atoms with E-state index in [1.54, 1.807) is 11.0 Å². The first-order valence-electron chi connectivity index (χ1n) is 9.61. The molecule has 2 heterocycles. The van der Waals surface area contributed by atoms with Crippen LogP contribution >= 0.6 is 11.6 Å². The molecule has 0 spiro atoms. The highest BCUT2D eigenvalue weighted by Gasteiger charge is 2.27. The van der Waals surface area contributed by atoms with E-state index in [1.807, 2.05) is 0 Å². The summed E-state index contributed by atoms with van der Waals surface area (Å²) in [5.74, 6) is 0.0973. The molecule has 146 valence electrons. The lowest BCUT2D eigenvalue weighted by molar-refractivity contribution is 0.0688. The molecule has 1 aromatic heterocycles. The number of rotatable bonds is 4. The van der Waals surface area contributed by atoms with E-state index in [9.17, 15) is 9.18 Å². The normalized spacial score (nSPS) is 15.8. The molecule has 0 radical (unpaired) electrons. The minimum atomic E-state index is -0.559. The Bertz CT molecular complexity index is 823. The predicted molar refractivity (Wildman–Crippen MR) is 106 cm³/mol. The minimum absolute atomic E-state index is 0.0334. The molecule has 1 aliphatic rings. The van der Waals surface area contributed by atoms with E-state index in [0.29, 0.717) is 36.5 Å². The maximum absolute atomic E-state index is 13.7. The highest BCUT2D eigenvalue weighted by Crippen LogP contribution is 2.30. The number of aromatic nitrogens is 2. The first-order valence-corrected chi connectivity index (χ1v) is 9.99. The third kappa shape index (κ3) is 4.18. The molecule has 27 heavy (non-hydrogen) atoms. The van der Waals surface area contributed by atoms with Gasteiger partial charge in [-0.15, -0.1) is 0 Å². The lowest BCUT2D eigenvalue weighted by atomic mass is 10.0.